The first-order valence-electron chi connectivity index (χ1n) is 14.6. The predicted octanol–water partition coefficient (Wildman–Crippen LogP) is 3.08. The quantitative estimate of drug-likeness (QED) is 0.507. The third kappa shape index (κ3) is 6.45. The lowest BCUT2D eigenvalue weighted by molar-refractivity contribution is -0.137. The molecule has 5 heterocycles. The summed E-state index contributed by atoms with van der Waals surface area (Å²) in [5.41, 5.74) is 6.44. The van der Waals surface area contributed by atoms with E-state index in [9.17, 15) is 4.79 Å². The molecule has 0 radical (unpaired) electrons. The molecule has 0 spiro atoms. The number of piperidine rings is 2. The first-order chi connectivity index (χ1) is 18.8. The van der Waals surface area contributed by atoms with E-state index in [1.165, 1.54) is 0 Å². The first kappa shape index (κ1) is 27.6. The summed E-state index contributed by atoms with van der Waals surface area (Å²) in [6, 6.07) is 0.569. The largest absolute Gasteiger partial charge is 0.490 e. The number of hydrogen-bond acceptors (Lipinski definition) is 10. The molecule has 3 saturated heterocycles. The number of hydrogen-bond donors (Lipinski definition) is 1. The number of anilines is 2. The van der Waals surface area contributed by atoms with Gasteiger partial charge in [0.1, 0.15) is 0 Å². The van der Waals surface area contributed by atoms with Crippen LogP contribution in [0.5, 0.6) is 5.75 Å². The van der Waals surface area contributed by atoms with Gasteiger partial charge in [0.05, 0.1) is 25.0 Å². The van der Waals surface area contributed by atoms with Crippen molar-refractivity contribution >= 4 is 17.9 Å². The molecule has 1 amide bonds. The Balaban J connectivity index is 1.04. The Morgan fingerprint density at radius 3 is 2.49 bits per heavy atom. The van der Waals surface area contributed by atoms with Crippen molar-refractivity contribution in [2.45, 2.75) is 77.8 Å². The fraction of sp³-hybridized carbons (Fsp3) is 0.750. The fourth-order valence-corrected chi connectivity index (χ4v) is 6.05. The zero-order valence-electron chi connectivity index (χ0n) is 23.8. The monoisotopic (exact) mass is 540 g/mol. The van der Waals surface area contributed by atoms with Crippen LogP contribution in [0, 0.1) is 17.8 Å². The Morgan fingerprint density at radius 2 is 1.82 bits per heavy atom. The first-order valence-corrected chi connectivity index (χ1v) is 14.6. The molecule has 0 unspecified atom stereocenters. The summed E-state index contributed by atoms with van der Waals surface area (Å²) in [5, 5.41) is 4.10. The third-order valence-corrected chi connectivity index (χ3v) is 8.74. The molecule has 3 fully saturated rings. The summed E-state index contributed by atoms with van der Waals surface area (Å²) in [4.78, 5) is 32.5. The van der Waals surface area contributed by atoms with Crippen LogP contribution >= 0.6 is 0 Å². The van der Waals surface area contributed by atoms with Gasteiger partial charge in [0, 0.05) is 51.1 Å². The van der Waals surface area contributed by atoms with E-state index in [4.69, 9.17) is 15.0 Å². The second-order valence-corrected chi connectivity index (χ2v) is 12.1. The Labute approximate surface area is 231 Å². The van der Waals surface area contributed by atoms with Gasteiger partial charge in [-0.2, -0.15) is 4.98 Å². The topological polar surface area (TPSA) is 127 Å². The number of nitrogens with zero attached hydrogens (tertiary/aromatic N) is 7. The molecule has 214 valence electrons. The molecule has 11 nitrogen and oxygen atoms in total. The normalized spacial score (nSPS) is 25.5. The molecule has 39 heavy (non-hydrogen) atoms. The van der Waals surface area contributed by atoms with E-state index in [1.807, 2.05) is 4.90 Å². The number of rotatable bonds is 9. The van der Waals surface area contributed by atoms with Crippen LogP contribution in [-0.4, -0.2) is 82.3 Å². The van der Waals surface area contributed by atoms with Gasteiger partial charge in [-0.05, 0) is 43.4 Å². The van der Waals surface area contributed by atoms with Crippen molar-refractivity contribution in [2.75, 3.05) is 49.1 Å². The molecule has 4 atom stereocenters. The highest BCUT2D eigenvalue weighted by Crippen LogP contribution is 2.30. The number of aromatic nitrogens is 4. The summed E-state index contributed by atoms with van der Waals surface area (Å²) >= 11 is 0. The van der Waals surface area contributed by atoms with E-state index in [0.29, 0.717) is 61.6 Å². The third-order valence-electron chi connectivity index (χ3n) is 8.74. The van der Waals surface area contributed by atoms with Gasteiger partial charge in [0.2, 0.25) is 11.9 Å². The van der Waals surface area contributed by atoms with E-state index >= 15 is 0 Å². The number of amides is 1. The van der Waals surface area contributed by atoms with Gasteiger partial charge in [-0.15, -0.1) is 0 Å². The second kappa shape index (κ2) is 12.1. The molecule has 3 aliphatic rings. The van der Waals surface area contributed by atoms with Gasteiger partial charge < -0.3 is 29.7 Å². The molecular formula is C28H44N8O3. The van der Waals surface area contributed by atoms with Gasteiger partial charge in [-0.1, -0.05) is 32.9 Å². The van der Waals surface area contributed by atoms with E-state index in [-0.39, 0.29) is 23.9 Å². The standard InChI is InChI=1S/C28H44N8O3/c1-18(2)26-32-28(39-33-26)34-9-6-21(7-10-34)20(4)8-12-38-22-14-30-27(31-15-22)35-16-23(29)24(17-35)36-11-5-19(3)13-25(36)37/h14-15,18-21,23-24H,5-13,16-17,29H2,1-4H3/t19-,20-,23+,24+/m1/s1. The lowest BCUT2D eigenvalue weighted by Crippen LogP contribution is -2.52. The summed E-state index contributed by atoms with van der Waals surface area (Å²) in [5.74, 6) is 4.24. The van der Waals surface area contributed by atoms with Crippen molar-refractivity contribution in [1.29, 1.82) is 0 Å². The molecule has 0 bridgehead atoms. The summed E-state index contributed by atoms with van der Waals surface area (Å²) < 4.78 is 11.5. The smallest absolute Gasteiger partial charge is 0.324 e. The van der Waals surface area contributed by atoms with Crippen molar-refractivity contribution in [2.24, 2.45) is 23.5 Å². The Morgan fingerprint density at radius 1 is 1.08 bits per heavy atom. The van der Waals surface area contributed by atoms with Crippen LogP contribution in [0.15, 0.2) is 16.9 Å². The van der Waals surface area contributed by atoms with Crippen molar-refractivity contribution in [1.82, 2.24) is 25.0 Å². The molecule has 5 rings (SSSR count). The number of carbonyl (C=O) groups is 1. The van der Waals surface area contributed by atoms with Crippen LogP contribution in [0.25, 0.3) is 0 Å². The van der Waals surface area contributed by atoms with E-state index in [0.717, 1.165) is 51.1 Å². The molecule has 2 N–H and O–H groups in total. The molecule has 11 heteroatoms. The summed E-state index contributed by atoms with van der Waals surface area (Å²) in [6.45, 7) is 13.2. The second-order valence-electron chi connectivity index (χ2n) is 12.1. The average Bonchev–Trinajstić information content (AvgIpc) is 3.57. The van der Waals surface area contributed by atoms with Gasteiger partial charge in [0.15, 0.2) is 11.6 Å². The lowest BCUT2D eigenvalue weighted by Gasteiger charge is -2.36. The van der Waals surface area contributed by atoms with Crippen molar-refractivity contribution in [3.63, 3.8) is 0 Å². The summed E-state index contributed by atoms with van der Waals surface area (Å²) in [6.07, 6.45) is 8.34. The van der Waals surface area contributed by atoms with Crippen LogP contribution in [0.2, 0.25) is 0 Å². The molecular weight excluding hydrogens is 496 g/mol. The summed E-state index contributed by atoms with van der Waals surface area (Å²) in [7, 11) is 0. The Kier molecular flexibility index (Phi) is 8.54. The SMILES string of the molecule is CC(C)c1noc(N2CCC([C@H](C)CCOc3cnc(N4C[C@H](N)[C@@H](N5CC[C@@H](C)CC5=O)C4)nc3)CC2)n1. The van der Waals surface area contributed by atoms with Gasteiger partial charge in [0.25, 0.3) is 0 Å². The van der Waals surface area contributed by atoms with Crippen molar-refractivity contribution < 1.29 is 14.1 Å². The number of ether oxygens (including phenoxy) is 1. The molecule has 0 aromatic carbocycles. The molecule has 0 aliphatic carbocycles. The van der Waals surface area contributed by atoms with E-state index in [2.05, 4.69) is 57.6 Å². The van der Waals surface area contributed by atoms with Gasteiger partial charge in [-0.25, -0.2) is 9.97 Å². The number of likely N-dealkylation sites (tertiary alicyclic amines) is 1. The van der Waals surface area contributed by atoms with Gasteiger partial charge >= 0.3 is 6.01 Å². The number of nitrogens with two attached hydrogens (primary N) is 1. The van der Waals surface area contributed by atoms with Crippen LogP contribution in [0.3, 0.4) is 0 Å². The maximum atomic E-state index is 12.6. The zero-order valence-corrected chi connectivity index (χ0v) is 23.8. The predicted molar refractivity (Wildman–Crippen MR) is 149 cm³/mol. The highest BCUT2D eigenvalue weighted by atomic mass is 16.5. The lowest BCUT2D eigenvalue weighted by atomic mass is 9.84. The number of carbonyl (C=O) groups excluding carboxylic acids is 1. The van der Waals surface area contributed by atoms with E-state index < -0.39 is 0 Å². The van der Waals surface area contributed by atoms with Crippen molar-refractivity contribution in [3.05, 3.63) is 18.2 Å². The van der Waals surface area contributed by atoms with Gasteiger partial charge in [-0.3, -0.25) is 4.79 Å². The maximum Gasteiger partial charge on any atom is 0.324 e. The van der Waals surface area contributed by atoms with Crippen LogP contribution in [-0.2, 0) is 4.79 Å². The molecule has 3 aliphatic heterocycles. The minimum Gasteiger partial charge on any atom is -0.490 e. The van der Waals surface area contributed by atoms with Crippen LogP contribution < -0.4 is 20.3 Å². The average molecular weight is 541 g/mol. The molecule has 0 saturated carbocycles. The molecule has 2 aromatic heterocycles. The van der Waals surface area contributed by atoms with Crippen LogP contribution in [0.4, 0.5) is 12.0 Å². The maximum absolute atomic E-state index is 12.6. The Bertz CT molecular complexity index is 1080. The minimum absolute atomic E-state index is 0.0161. The highest BCUT2D eigenvalue weighted by Gasteiger charge is 2.39. The fourth-order valence-electron chi connectivity index (χ4n) is 6.05. The van der Waals surface area contributed by atoms with Crippen LogP contribution in [0.1, 0.15) is 71.5 Å². The zero-order chi connectivity index (χ0) is 27.5. The van der Waals surface area contributed by atoms with Crippen molar-refractivity contribution in [3.8, 4) is 5.75 Å². The Hall–Kier alpha value is -2.95. The highest BCUT2D eigenvalue weighted by molar-refractivity contribution is 5.77. The molecule has 2 aromatic rings. The minimum atomic E-state index is -0.0974. The van der Waals surface area contributed by atoms with E-state index in [1.54, 1.807) is 12.4 Å².